The minimum absolute atomic E-state index is 0.00357. The summed E-state index contributed by atoms with van der Waals surface area (Å²) < 4.78 is 19.0. The molecule has 1 heterocycles. The molecule has 1 atom stereocenters. The Balaban J connectivity index is 1.89. The Labute approximate surface area is 215 Å². The molecule has 2 aromatic carbocycles. The van der Waals surface area contributed by atoms with Crippen LogP contribution in [0.2, 0.25) is 15.1 Å². The number of nitrogens with zero attached hydrogens (tertiary/aromatic N) is 3. The number of benzene rings is 2. The quantitative estimate of drug-likeness (QED) is 0.388. The van der Waals surface area contributed by atoms with Crippen LogP contribution in [0.4, 0.5) is 10.1 Å². The minimum Gasteiger partial charge on any atom is -0.351 e. The number of hydrogen-bond donors (Lipinski definition) is 1. The van der Waals surface area contributed by atoms with Crippen LogP contribution in [-0.4, -0.2) is 27.4 Å². The van der Waals surface area contributed by atoms with Crippen molar-refractivity contribution in [2.24, 2.45) is 0 Å². The number of rotatable bonds is 6. The average Bonchev–Trinajstić information content (AvgIpc) is 3.36. The van der Waals surface area contributed by atoms with Crippen LogP contribution < -0.4 is 10.2 Å². The number of carbonyl (C=O) groups excluding carboxylic acids is 2. The second-order valence-corrected chi connectivity index (χ2v) is 9.72. The summed E-state index contributed by atoms with van der Waals surface area (Å²) in [6.07, 6.45) is 4.64. The van der Waals surface area contributed by atoms with Gasteiger partial charge in [0, 0.05) is 22.0 Å². The third-order valence-electron chi connectivity index (χ3n) is 5.72. The Morgan fingerprint density at radius 1 is 1.06 bits per heavy atom. The van der Waals surface area contributed by atoms with Crippen molar-refractivity contribution in [3.63, 3.8) is 0 Å². The molecule has 6 nitrogen and oxygen atoms in total. The molecule has 4 rings (SSSR count). The number of amides is 2. The van der Waals surface area contributed by atoms with Gasteiger partial charge < -0.3 is 5.32 Å². The van der Waals surface area contributed by atoms with Gasteiger partial charge in [-0.2, -0.15) is 0 Å². The van der Waals surface area contributed by atoms with E-state index in [9.17, 15) is 9.59 Å². The van der Waals surface area contributed by atoms with Crippen LogP contribution in [0.25, 0.3) is 0 Å². The molecule has 0 aliphatic heterocycles. The van der Waals surface area contributed by atoms with Crippen molar-refractivity contribution in [3.8, 4) is 0 Å². The first-order chi connectivity index (χ1) is 16.4. The predicted octanol–water partition coefficient (Wildman–Crippen LogP) is 6.47. The fourth-order valence-electron chi connectivity index (χ4n) is 4.10. The van der Waals surface area contributed by atoms with Gasteiger partial charge >= 0.3 is 0 Å². The molecule has 1 aromatic heterocycles. The van der Waals surface area contributed by atoms with E-state index in [-0.39, 0.29) is 38.1 Å². The second kappa shape index (κ2) is 11.0. The highest BCUT2D eigenvalue weighted by Crippen LogP contribution is 2.40. The molecule has 1 N–H and O–H groups in total. The summed E-state index contributed by atoms with van der Waals surface area (Å²) in [4.78, 5) is 28.5. The standard InChI is InChI=1S/C23H20Cl3FN4O2S/c24-14-8-4-10-16(27)19(14)21(22(32)28-13-6-2-1-3-7-13)31(23(33)17-12-34-30-29-17)18-11-5-9-15(25)20(18)26/h4-5,8-13,21H,1-3,6-7H2,(H,28,32)/t21-/m0/s1. The van der Waals surface area contributed by atoms with Crippen LogP contribution in [0, 0.1) is 5.82 Å². The van der Waals surface area contributed by atoms with Crippen molar-refractivity contribution in [2.75, 3.05) is 4.90 Å². The normalized spacial score (nSPS) is 15.1. The van der Waals surface area contributed by atoms with Crippen molar-refractivity contribution in [1.82, 2.24) is 14.9 Å². The first-order valence-electron chi connectivity index (χ1n) is 10.7. The number of hydrogen-bond acceptors (Lipinski definition) is 5. The lowest BCUT2D eigenvalue weighted by molar-refractivity contribution is -0.123. The summed E-state index contributed by atoms with van der Waals surface area (Å²) in [6.45, 7) is 0. The Bertz CT molecular complexity index is 1170. The maximum atomic E-state index is 15.2. The van der Waals surface area contributed by atoms with Gasteiger partial charge in [0.15, 0.2) is 5.69 Å². The summed E-state index contributed by atoms with van der Waals surface area (Å²) in [7, 11) is 0. The molecule has 1 aliphatic carbocycles. The smallest absolute Gasteiger partial charge is 0.280 e. The van der Waals surface area contributed by atoms with Crippen LogP contribution in [0.3, 0.4) is 0 Å². The summed E-state index contributed by atoms with van der Waals surface area (Å²) in [5.74, 6) is -2.00. The van der Waals surface area contributed by atoms with Gasteiger partial charge in [-0.05, 0) is 48.6 Å². The summed E-state index contributed by atoms with van der Waals surface area (Å²) in [6, 6.07) is 7.18. The summed E-state index contributed by atoms with van der Waals surface area (Å²) >= 11 is 20.1. The number of anilines is 1. The topological polar surface area (TPSA) is 75.2 Å². The molecule has 34 heavy (non-hydrogen) atoms. The van der Waals surface area contributed by atoms with Crippen molar-refractivity contribution in [1.29, 1.82) is 0 Å². The van der Waals surface area contributed by atoms with Crippen molar-refractivity contribution in [3.05, 3.63) is 73.9 Å². The highest BCUT2D eigenvalue weighted by Gasteiger charge is 2.39. The molecular formula is C23H20Cl3FN4O2S. The van der Waals surface area contributed by atoms with Crippen LogP contribution >= 0.6 is 46.3 Å². The van der Waals surface area contributed by atoms with Gasteiger partial charge in [0.1, 0.15) is 11.9 Å². The Morgan fingerprint density at radius 2 is 1.76 bits per heavy atom. The third kappa shape index (κ3) is 5.20. The van der Waals surface area contributed by atoms with Gasteiger partial charge in [-0.1, -0.05) is 70.7 Å². The molecule has 1 saturated carbocycles. The van der Waals surface area contributed by atoms with Gasteiger partial charge in [-0.3, -0.25) is 14.5 Å². The molecular weight excluding hydrogens is 522 g/mol. The number of carbonyl (C=O) groups is 2. The lowest BCUT2D eigenvalue weighted by Gasteiger charge is -2.34. The van der Waals surface area contributed by atoms with Gasteiger partial charge in [0.25, 0.3) is 5.91 Å². The molecule has 0 bridgehead atoms. The van der Waals surface area contributed by atoms with Gasteiger partial charge in [0.2, 0.25) is 5.91 Å². The minimum atomic E-state index is -1.47. The molecule has 3 aromatic rings. The molecule has 1 aliphatic rings. The van der Waals surface area contributed by atoms with E-state index in [1.54, 1.807) is 12.1 Å². The van der Waals surface area contributed by atoms with Gasteiger partial charge in [-0.25, -0.2) is 4.39 Å². The third-order valence-corrected chi connectivity index (χ3v) is 7.36. The molecule has 0 saturated heterocycles. The Kier molecular flexibility index (Phi) is 8.03. The maximum Gasteiger partial charge on any atom is 0.280 e. The number of nitrogens with one attached hydrogen (secondary N) is 1. The number of aromatic nitrogens is 2. The van der Waals surface area contributed by atoms with E-state index in [0.29, 0.717) is 0 Å². The molecule has 0 unspecified atom stereocenters. The van der Waals surface area contributed by atoms with Crippen molar-refractivity contribution < 1.29 is 14.0 Å². The lowest BCUT2D eigenvalue weighted by atomic mass is 9.94. The summed E-state index contributed by atoms with van der Waals surface area (Å²) in [5.41, 5.74) is -0.0516. The zero-order valence-corrected chi connectivity index (χ0v) is 20.9. The lowest BCUT2D eigenvalue weighted by Crippen LogP contribution is -2.48. The van der Waals surface area contributed by atoms with E-state index in [1.165, 1.54) is 29.6 Å². The van der Waals surface area contributed by atoms with E-state index in [4.69, 9.17) is 34.8 Å². The van der Waals surface area contributed by atoms with Crippen LogP contribution in [0.5, 0.6) is 0 Å². The van der Waals surface area contributed by atoms with Crippen molar-refractivity contribution in [2.45, 2.75) is 44.2 Å². The zero-order valence-electron chi connectivity index (χ0n) is 17.8. The Morgan fingerprint density at radius 3 is 2.44 bits per heavy atom. The van der Waals surface area contributed by atoms with Crippen LogP contribution in [-0.2, 0) is 4.79 Å². The molecule has 2 amide bonds. The molecule has 0 radical (unpaired) electrons. The van der Waals surface area contributed by atoms with E-state index < -0.39 is 23.7 Å². The monoisotopic (exact) mass is 540 g/mol. The fraction of sp³-hybridized carbons (Fsp3) is 0.304. The molecule has 1 fully saturated rings. The van der Waals surface area contributed by atoms with Crippen LogP contribution in [0.15, 0.2) is 41.8 Å². The fourth-order valence-corrected chi connectivity index (χ4v) is 5.18. The Hall–Kier alpha value is -2.26. The van der Waals surface area contributed by atoms with E-state index in [1.807, 2.05) is 0 Å². The van der Waals surface area contributed by atoms with Crippen molar-refractivity contribution >= 4 is 63.8 Å². The maximum absolute atomic E-state index is 15.2. The number of halogens is 4. The second-order valence-electron chi connectivity index (χ2n) is 7.92. The van der Waals surface area contributed by atoms with Gasteiger partial charge in [0.05, 0.1) is 15.7 Å². The van der Waals surface area contributed by atoms with E-state index in [2.05, 4.69) is 14.9 Å². The molecule has 178 valence electrons. The molecule has 0 spiro atoms. The van der Waals surface area contributed by atoms with E-state index in [0.717, 1.165) is 48.5 Å². The SMILES string of the molecule is O=C(NC1CCCCC1)[C@H](c1c(F)cccc1Cl)N(C(=O)c1csnn1)c1cccc(Cl)c1Cl. The summed E-state index contributed by atoms with van der Waals surface area (Å²) in [5, 5.41) is 8.47. The van der Waals surface area contributed by atoms with Crippen LogP contribution in [0.1, 0.15) is 54.2 Å². The molecule has 11 heteroatoms. The first-order valence-corrected chi connectivity index (χ1v) is 12.6. The average molecular weight is 542 g/mol. The largest absolute Gasteiger partial charge is 0.351 e. The van der Waals surface area contributed by atoms with E-state index >= 15 is 4.39 Å². The zero-order chi connectivity index (χ0) is 24.2. The highest BCUT2D eigenvalue weighted by atomic mass is 35.5. The predicted molar refractivity (Wildman–Crippen MR) is 132 cm³/mol. The first kappa shape index (κ1) is 24.9. The van der Waals surface area contributed by atoms with Gasteiger partial charge in [-0.15, -0.1) is 5.10 Å². The highest BCUT2D eigenvalue weighted by molar-refractivity contribution is 7.03.